The highest BCUT2D eigenvalue weighted by Crippen LogP contribution is 2.24. The molecule has 0 N–H and O–H groups in total. The van der Waals surface area contributed by atoms with Gasteiger partial charge in [0.15, 0.2) is 0 Å². The van der Waals surface area contributed by atoms with Crippen molar-refractivity contribution in [1.29, 1.82) is 0 Å². The van der Waals surface area contributed by atoms with Gasteiger partial charge in [0.1, 0.15) is 0 Å². The molecule has 1 aromatic carbocycles. The lowest BCUT2D eigenvalue weighted by molar-refractivity contribution is -0.384. The fourth-order valence-corrected chi connectivity index (χ4v) is 1.34. The van der Waals surface area contributed by atoms with Gasteiger partial charge < -0.3 is 4.74 Å². The Morgan fingerprint density at radius 2 is 2.00 bits per heavy atom. The second-order valence-corrected chi connectivity index (χ2v) is 3.07. The van der Waals surface area contributed by atoms with Crippen molar-refractivity contribution in [1.82, 2.24) is 0 Å². The maximum Gasteiger partial charge on any atom is 0.346 e. The molecule has 80 valence electrons. The molecule has 0 aliphatic carbocycles. The molecule has 6 nitrogen and oxygen atoms in total. The Morgan fingerprint density at radius 3 is 2.56 bits per heavy atom. The van der Waals surface area contributed by atoms with Gasteiger partial charge in [0.25, 0.3) is 5.69 Å². The molecule has 0 saturated carbocycles. The van der Waals surface area contributed by atoms with Gasteiger partial charge in [0.05, 0.1) is 10.5 Å². The fraction of sp³-hybridized carbons (Fsp3) is 0. The summed E-state index contributed by atoms with van der Waals surface area (Å²) in [7, 11) is 0. The number of benzene rings is 1. The summed E-state index contributed by atoms with van der Waals surface area (Å²) in [6.45, 7) is 0. The third kappa shape index (κ3) is 1.68. The van der Waals surface area contributed by atoms with E-state index < -0.39 is 16.9 Å². The van der Waals surface area contributed by atoms with Gasteiger partial charge in [-0.15, -0.1) is 0 Å². The summed E-state index contributed by atoms with van der Waals surface area (Å²) in [4.78, 5) is 31.9. The van der Waals surface area contributed by atoms with E-state index in [1.54, 1.807) is 0 Å². The molecule has 0 atom stereocenters. The fourth-order valence-electron chi connectivity index (χ4n) is 1.34. The highest BCUT2D eigenvalue weighted by atomic mass is 16.6. The van der Waals surface area contributed by atoms with Crippen molar-refractivity contribution in [3.05, 3.63) is 46.0 Å². The highest BCUT2D eigenvalue weighted by molar-refractivity contribution is 6.28. The first kappa shape index (κ1) is 10.0. The van der Waals surface area contributed by atoms with E-state index in [4.69, 9.17) is 0 Å². The van der Waals surface area contributed by atoms with Crippen LogP contribution in [-0.2, 0) is 14.3 Å². The summed E-state index contributed by atoms with van der Waals surface area (Å²) in [6.07, 6.45) is 1.02. The molecule has 2 rings (SSSR count). The van der Waals surface area contributed by atoms with E-state index in [-0.39, 0.29) is 11.3 Å². The monoisotopic (exact) mass is 219 g/mol. The highest BCUT2D eigenvalue weighted by Gasteiger charge is 2.25. The molecule has 0 fully saturated rings. The van der Waals surface area contributed by atoms with Crippen molar-refractivity contribution in [2.24, 2.45) is 0 Å². The smallest absolute Gasteiger partial charge is 0.346 e. The predicted molar refractivity (Wildman–Crippen MR) is 52.2 cm³/mol. The number of cyclic esters (lactones) is 2. The van der Waals surface area contributed by atoms with Crippen LogP contribution in [0.15, 0.2) is 30.3 Å². The van der Waals surface area contributed by atoms with Crippen LogP contribution < -0.4 is 0 Å². The first-order chi connectivity index (χ1) is 7.58. The van der Waals surface area contributed by atoms with Crippen molar-refractivity contribution in [2.75, 3.05) is 0 Å². The minimum absolute atomic E-state index is 0.0358. The second-order valence-electron chi connectivity index (χ2n) is 3.07. The van der Waals surface area contributed by atoms with E-state index >= 15 is 0 Å². The molecule has 6 heteroatoms. The number of hydrogen-bond acceptors (Lipinski definition) is 5. The number of hydrogen-bond donors (Lipinski definition) is 0. The lowest BCUT2D eigenvalue weighted by Gasteiger charge is -1.98. The van der Waals surface area contributed by atoms with Crippen LogP contribution in [0.4, 0.5) is 5.69 Å². The van der Waals surface area contributed by atoms with Crippen LogP contribution in [0, 0.1) is 10.1 Å². The zero-order valence-electron chi connectivity index (χ0n) is 7.88. The molecule has 16 heavy (non-hydrogen) atoms. The van der Waals surface area contributed by atoms with Crippen LogP contribution >= 0.6 is 0 Å². The average Bonchev–Trinajstić information content (AvgIpc) is 2.58. The summed E-state index contributed by atoms with van der Waals surface area (Å²) in [5.74, 6) is -1.54. The largest absolute Gasteiger partial charge is 0.386 e. The average molecular weight is 219 g/mol. The molecule has 0 amide bonds. The maximum atomic E-state index is 11.2. The van der Waals surface area contributed by atoms with Gasteiger partial charge in [-0.05, 0) is 5.56 Å². The quantitative estimate of drug-likeness (QED) is 0.321. The molecule has 0 spiro atoms. The number of nitrogens with zero attached hydrogens (tertiary/aromatic N) is 1. The molecule has 0 bridgehead atoms. The Balaban J connectivity index is 2.45. The molecule has 0 unspecified atom stereocenters. The first-order valence-corrected chi connectivity index (χ1v) is 4.30. The Hall–Kier alpha value is -2.50. The molecule has 0 radical (unpaired) electrons. The summed E-state index contributed by atoms with van der Waals surface area (Å²) in [5.41, 5.74) is 0.185. The lowest BCUT2D eigenvalue weighted by Crippen LogP contribution is -2.01. The van der Waals surface area contributed by atoms with Gasteiger partial charge >= 0.3 is 11.9 Å². The standard InChI is InChI=1S/C10H5NO5/c12-9-5-8(10(13)16-9)6-2-1-3-7(4-6)11(14)15/h1-5H. The van der Waals surface area contributed by atoms with Gasteiger partial charge in [0, 0.05) is 18.2 Å². The van der Waals surface area contributed by atoms with Crippen LogP contribution in [0.25, 0.3) is 5.57 Å². The van der Waals surface area contributed by atoms with Crippen molar-refractivity contribution in [3.63, 3.8) is 0 Å². The minimum atomic E-state index is -0.787. The number of esters is 2. The predicted octanol–water partition coefficient (Wildman–Crippen LogP) is 1.06. The minimum Gasteiger partial charge on any atom is -0.386 e. The van der Waals surface area contributed by atoms with E-state index in [0.717, 1.165) is 6.08 Å². The number of carbonyl (C=O) groups is 2. The number of nitro benzene ring substituents is 1. The zero-order valence-corrected chi connectivity index (χ0v) is 7.88. The summed E-state index contributed by atoms with van der Waals surface area (Å²) >= 11 is 0. The Bertz CT molecular complexity index is 532. The van der Waals surface area contributed by atoms with Crippen molar-refractivity contribution in [3.8, 4) is 0 Å². The van der Waals surface area contributed by atoms with Crippen LogP contribution in [0.3, 0.4) is 0 Å². The molecular weight excluding hydrogens is 214 g/mol. The third-order valence-corrected chi connectivity index (χ3v) is 2.04. The maximum absolute atomic E-state index is 11.2. The summed E-state index contributed by atoms with van der Waals surface area (Å²) < 4.78 is 4.29. The molecule has 1 heterocycles. The van der Waals surface area contributed by atoms with E-state index in [9.17, 15) is 19.7 Å². The Labute approximate surface area is 89.3 Å². The number of non-ortho nitro benzene ring substituents is 1. The van der Waals surface area contributed by atoms with Gasteiger partial charge in [-0.25, -0.2) is 9.59 Å². The van der Waals surface area contributed by atoms with Gasteiger partial charge in [0.2, 0.25) is 0 Å². The number of rotatable bonds is 2. The molecular formula is C10H5NO5. The topological polar surface area (TPSA) is 86.5 Å². The van der Waals surface area contributed by atoms with E-state index in [1.807, 2.05) is 0 Å². The normalized spacial score (nSPS) is 14.6. The molecule has 0 saturated heterocycles. The molecule has 1 aliphatic rings. The van der Waals surface area contributed by atoms with Gasteiger partial charge in [-0.1, -0.05) is 12.1 Å². The van der Waals surface area contributed by atoms with Crippen LogP contribution in [-0.4, -0.2) is 16.9 Å². The van der Waals surface area contributed by atoms with Crippen LogP contribution in [0.1, 0.15) is 5.56 Å². The number of ether oxygens (including phenoxy) is 1. The molecule has 0 aromatic heterocycles. The van der Waals surface area contributed by atoms with Crippen molar-refractivity contribution < 1.29 is 19.2 Å². The van der Waals surface area contributed by atoms with E-state index in [2.05, 4.69) is 4.74 Å². The van der Waals surface area contributed by atoms with Crippen molar-refractivity contribution in [2.45, 2.75) is 0 Å². The van der Waals surface area contributed by atoms with Crippen molar-refractivity contribution >= 4 is 23.2 Å². The van der Waals surface area contributed by atoms with Gasteiger partial charge in [-0.3, -0.25) is 10.1 Å². The molecule has 1 aromatic rings. The second kappa shape index (κ2) is 3.58. The van der Waals surface area contributed by atoms with E-state index in [0.29, 0.717) is 5.56 Å². The SMILES string of the molecule is O=C1C=C(c2cccc([N+](=O)[O-])c2)C(=O)O1. The first-order valence-electron chi connectivity index (χ1n) is 4.30. The van der Waals surface area contributed by atoms with Gasteiger partial charge in [-0.2, -0.15) is 0 Å². The zero-order chi connectivity index (χ0) is 11.7. The van der Waals surface area contributed by atoms with Crippen LogP contribution in [0.2, 0.25) is 0 Å². The summed E-state index contributed by atoms with van der Waals surface area (Å²) in [5, 5.41) is 10.5. The summed E-state index contributed by atoms with van der Waals surface area (Å²) in [6, 6.07) is 5.45. The van der Waals surface area contributed by atoms with Crippen LogP contribution in [0.5, 0.6) is 0 Å². The Kier molecular flexibility index (Phi) is 2.24. The molecule has 1 aliphatic heterocycles. The van der Waals surface area contributed by atoms with E-state index in [1.165, 1.54) is 24.3 Å². The Morgan fingerprint density at radius 1 is 1.25 bits per heavy atom. The number of carbonyl (C=O) groups excluding carboxylic acids is 2. The lowest BCUT2D eigenvalue weighted by atomic mass is 10.1. The third-order valence-electron chi connectivity index (χ3n) is 2.04. The number of nitro groups is 1.